The van der Waals surface area contributed by atoms with Gasteiger partial charge in [0.1, 0.15) is 13.2 Å². The van der Waals surface area contributed by atoms with E-state index in [1.807, 2.05) is 35.2 Å². The van der Waals surface area contributed by atoms with Crippen molar-refractivity contribution in [3.8, 4) is 34.3 Å². The Bertz CT molecular complexity index is 1310. The van der Waals surface area contributed by atoms with E-state index in [1.54, 1.807) is 26.4 Å². The molecule has 1 saturated heterocycles. The lowest BCUT2D eigenvalue weighted by molar-refractivity contribution is 0.171. The van der Waals surface area contributed by atoms with E-state index >= 15 is 0 Å². The Morgan fingerprint density at radius 2 is 1.54 bits per heavy atom. The van der Waals surface area contributed by atoms with Crippen molar-refractivity contribution in [3.63, 3.8) is 0 Å². The fourth-order valence-corrected chi connectivity index (χ4v) is 5.57. The minimum absolute atomic E-state index is 0.203. The van der Waals surface area contributed by atoms with Crippen LogP contribution >= 0.6 is 0 Å². The average molecular weight is 499 g/mol. The molecule has 2 aliphatic heterocycles. The lowest BCUT2D eigenvalue weighted by Gasteiger charge is -2.34. The van der Waals surface area contributed by atoms with E-state index in [0.717, 1.165) is 5.56 Å². The molecule has 0 radical (unpaired) electrons. The number of nitrogens with zero attached hydrogens (tertiary/aromatic N) is 4. The highest BCUT2D eigenvalue weighted by atomic mass is 32.2. The van der Waals surface area contributed by atoms with Gasteiger partial charge in [0.15, 0.2) is 28.8 Å². The number of sulfonamides is 1. The molecular weight excluding hydrogens is 472 g/mol. The van der Waals surface area contributed by atoms with Gasteiger partial charge in [-0.05, 0) is 42.5 Å². The highest BCUT2D eigenvalue weighted by Crippen LogP contribution is 2.34. The van der Waals surface area contributed by atoms with Crippen molar-refractivity contribution < 1.29 is 27.4 Å². The molecule has 10 nitrogen and oxygen atoms in total. The van der Waals surface area contributed by atoms with Crippen LogP contribution in [0.25, 0.3) is 11.3 Å². The Hall–Kier alpha value is -3.57. The molecule has 0 saturated carbocycles. The minimum Gasteiger partial charge on any atom is -0.493 e. The van der Waals surface area contributed by atoms with Gasteiger partial charge in [0.25, 0.3) is 0 Å². The summed E-state index contributed by atoms with van der Waals surface area (Å²) in [5.41, 5.74) is 1.56. The molecule has 35 heavy (non-hydrogen) atoms. The number of hydrogen-bond donors (Lipinski definition) is 0. The predicted molar refractivity (Wildman–Crippen MR) is 129 cm³/mol. The van der Waals surface area contributed by atoms with E-state index in [9.17, 15) is 8.42 Å². The highest BCUT2D eigenvalue weighted by Gasteiger charge is 2.30. The van der Waals surface area contributed by atoms with Gasteiger partial charge in [-0.15, -0.1) is 10.2 Å². The maximum absolute atomic E-state index is 13.2. The van der Waals surface area contributed by atoms with Crippen LogP contribution in [0.1, 0.15) is 0 Å². The zero-order chi connectivity index (χ0) is 24.4. The summed E-state index contributed by atoms with van der Waals surface area (Å²) in [5, 5.41) is 8.74. The van der Waals surface area contributed by atoms with Crippen LogP contribution in [0.5, 0.6) is 23.0 Å². The number of anilines is 1. The van der Waals surface area contributed by atoms with Crippen molar-refractivity contribution in [1.82, 2.24) is 14.5 Å². The van der Waals surface area contributed by atoms with Gasteiger partial charge in [-0.2, -0.15) is 4.31 Å². The summed E-state index contributed by atoms with van der Waals surface area (Å²) in [5.74, 6) is 2.98. The lowest BCUT2D eigenvalue weighted by Crippen LogP contribution is -2.49. The summed E-state index contributed by atoms with van der Waals surface area (Å²) in [7, 11) is -0.465. The molecule has 0 bridgehead atoms. The van der Waals surface area contributed by atoms with Crippen LogP contribution in [0.3, 0.4) is 0 Å². The topological polar surface area (TPSA) is 103 Å². The molecule has 11 heteroatoms. The Morgan fingerprint density at radius 1 is 0.800 bits per heavy atom. The van der Waals surface area contributed by atoms with Crippen LogP contribution in [-0.2, 0) is 10.0 Å². The maximum Gasteiger partial charge on any atom is 0.243 e. The first-order chi connectivity index (χ1) is 17.0. The van der Waals surface area contributed by atoms with Crippen LogP contribution in [0.15, 0.2) is 53.4 Å². The number of methoxy groups -OCH3 is 2. The van der Waals surface area contributed by atoms with Gasteiger partial charge in [-0.1, -0.05) is 0 Å². The van der Waals surface area contributed by atoms with Gasteiger partial charge in [0.05, 0.1) is 24.8 Å². The molecule has 0 aliphatic carbocycles. The van der Waals surface area contributed by atoms with Gasteiger partial charge in [0.2, 0.25) is 10.0 Å². The van der Waals surface area contributed by atoms with Crippen molar-refractivity contribution in [2.45, 2.75) is 4.90 Å². The Labute approximate surface area is 204 Å². The Kier molecular flexibility index (Phi) is 6.35. The van der Waals surface area contributed by atoms with E-state index in [2.05, 4.69) is 10.2 Å². The molecule has 0 unspecified atom stereocenters. The fourth-order valence-electron chi connectivity index (χ4n) is 4.13. The molecular formula is C24H26N4O6S. The maximum atomic E-state index is 13.2. The summed E-state index contributed by atoms with van der Waals surface area (Å²) < 4.78 is 49.5. The van der Waals surface area contributed by atoms with Crippen molar-refractivity contribution >= 4 is 15.8 Å². The first kappa shape index (κ1) is 23.2. The SMILES string of the molecule is COc1ccc(-c2ccc(N3CCN(S(=O)(=O)c4ccc5c(c4)OCCO5)CC3)nn2)cc1OC. The normalized spacial score (nSPS) is 16.1. The van der Waals surface area contributed by atoms with Crippen LogP contribution in [-0.4, -0.2) is 76.5 Å². The molecule has 2 aliphatic rings. The summed E-state index contributed by atoms with van der Waals surface area (Å²) in [6.45, 7) is 2.56. The summed E-state index contributed by atoms with van der Waals surface area (Å²) in [6, 6.07) is 14.1. The van der Waals surface area contributed by atoms with Crippen LogP contribution in [0, 0.1) is 0 Å². The molecule has 0 atom stereocenters. The third kappa shape index (κ3) is 4.56. The molecule has 2 aromatic carbocycles. The Morgan fingerprint density at radius 3 is 2.23 bits per heavy atom. The second kappa shape index (κ2) is 9.59. The Balaban J connectivity index is 1.26. The summed E-state index contributed by atoms with van der Waals surface area (Å²) >= 11 is 0. The van der Waals surface area contributed by atoms with Gasteiger partial charge in [0, 0.05) is 37.8 Å². The van der Waals surface area contributed by atoms with Crippen LogP contribution in [0.2, 0.25) is 0 Å². The molecule has 0 spiro atoms. The first-order valence-electron chi connectivity index (χ1n) is 11.2. The third-order valence-corrected chi connectivity index (χ3v) is 7.94. The van der Waals surface area contributed by atoms with Crippen molar-refractivity contribution in [3.05, 3.63) is 48.5 Å². The molecule has 1 fully saturated rings. The largest absolute Gasteiger partial charge is 0.493 e. The van der Waals surface area contributed by atoms with Crippen molar-refractivity contribution in [2.24, 2.45) is 0 Å². The minimum atomic E-state index is -3.64. The molecule has 1 aromatic heterocycles. The van der Waals surface area contributed by atoms with E-state index in [0.29, 0.717) is 73.9 Å². The number of rotatable bonds is 6. The smallest absolute Gasteiger partial charge is 0.243 e. The van der Waals surface area contributed by atoms with E-state index in [-0.39, 0.29) is 4.90 Å². The third-order valence-electron chi connectivity index (χ3n) is 6.04. The standard InChI is InChI=1S/C24H26N4O6S/c1-31-20-6-3-17(15-22(20)32-2)19-5-8-24(26-25-19)27-9-11-28(12-10-27)35(29,30)18-4-7-21-23(16-18)34-14-13-33-21/h3-8,15-16H,9-14H2,1-2H3. The van der Waals surface area contributed by atoms with E-state index in [1.165, 1.54) is 10.4 Å². The number of aromatic nitrogens is 2. The van der Waals surface area contributed by atoms with Gasteiger partial charge < -0.3 is 23.8 Å². The van der Waals surface area contributed by atoms with Crippen molar-refractivity contribution in [1.29, 1.82) is 0 Å². The fraction of sp³-hybridized carbons (Fsp3) is 0.333. The van der Waals surface area contributed by atoms with Gasteiger partial charge in [-0.3, -0.25) is 0 Å². The van der Waals surface area contributed by atoms with E-state index in [4.69, 9.17) is 18.9 Å². The number of fused-ring (bicyclic) bond motifs is 1. The monoisotopic (exact) mass is 498 g/mol. The van der Waals surface area contributed by atoms with Gasteiger partial charge in [-0.25, -0.2) is 8.42 Å². The molecule has 5 rings (SSSR count). The first-order valence-corrected chi connectivity index (χ1v) is 12.6. The molecule has 0 N–H and O–H groups in total. The predicted octanol–water partition coefficient (Wildman–Crippen LogP) is 2.44. The van der Waals surface area contributed by atoms with Crippen molar-refractivity contribution in [2.75, 3.05) is 58.5 Å². The van der Waals surface area contributed by atoms with Gasteiger partial charge >= 0.3 is 0 Å². The molecule has 184 valence electrons. The second-order valence-corrected chi connectivity index (χ2v) is 9.98. The number of ether oxygens (including phenoxy) is 4. The number of piperazine rings is 1. The van der Waals surface area contributed by atoms with E-state index < -0.39 is 10.0 Å². The zero-order valence-corrected chi connectivity index (χ0v) is 20.3. The quantitative estimate of drug-likeness (QED) is 0.507. The number of hydrogen-bond acceptors (Lipinski definition) is 9. The summed E-state index contributed by atoms with van der Waals surface area (Å²) in [4.78, 5) is 2.23. The molecule has 3 aromatic rings. The highest BCUT2D eigenvalue weighted by molar-refractivity contribution is 7.89. The zero-order valence-electron chi connectivity index (χ0n) is 19.5. The molecule has 3 heterocycles. The number of benzene rings is 2. The average Bonchev–Trinajstić information content (AvgIpc) is 2.92. The summed E-state index contributed by atoms with van der Waals surface area (Å²) in [6.07, 6.45) is 0. The second-order valence-electron chi connectivity index (χ2n) is 8.04. The van der Waals surface area contributed by atoms with Crippen LogP contribution in [0.4, 0.5) is 5.82 Å². The lowest BCUT2D eigenvalue weighted by atomic mass is 10.1. The molecule has 0 amide bonds. The van der Waals surface area contributed by atoms with Crippen LogP contribution < -0.4 is 23.8 Å².